The van der Waals surface area contributed by atoms with Gasteiger partial charge in [-0.2, -0.15) is 0 Å². The van der Waals surface area contributed by atoms with Gasteiger partial charge in [0.1, 0.15) is 0 Å². The van der Waals surface area contributed by atoms with Crippen LogP contribution < -0.4 is 0 Å². The van der Waals surface area contributed by atoms with Crippen molar-refractivity contribution in [1.29, 1.82) is 0 Å². The molecular weight excluding hydrogens is 671 g/mol. The van der Waals surface area contributed by atoms with Crippen molar-refractivity contribution in [3.63, 3.8) is 0 Å². The molecule has 0 N–H and O–H groups in total. The minimum atomic E-state index is 0.620. The highest BCUT2D eigenvalue weighted by molar-refractivity contribution is 6.10. The predicted molar refractivity (Wildman–Crippen MR) is 225 cm³/mol. The van der Waals surface area contributed by atoms with Crippen LogP contribution in [0.5, 0.6) is 0 Å². The summed E-state index contributed by atoms with van der Waals surface area (Å²) < 4.78 is 2.34. The minimum absolute atomic E-state index is 0.620. The van der Waals surface area contributed by atoms with Gasteiger partial charge in [0.15, 0.2) is 17.5 Å². The summed E-state index contributed by atoms with van der Waals surface area (Å²) in [7, 11) is 0. The van der Waals surface area contributed by atoms with E-state index in [0.717, 1.165) is 50.2 Å². The summed E-state index contributed by atoms with van der Waals surface area (Å²) in [6.07, 6.45) is 3.66. The molecule has 0 saturated heterocycles. The SMILES string of the molecule is c1ccc(-c2ccc(-c3nc(-c4ccc(-c5cccnc5)cc4)nc(-c4ccc(-c5ccc6c(c5)c5ccccc5n6-c5ccccc5)cc4)n3)cc2)cc1. The Bertz CT molecular complexity index is 2820. The number of para-hydroxylation sites is 2. The third-order valence-electron chi connectivity index (χ3n) is 10.2. The molecule has 10 rings (SSSR count). The number of nitrogens with zero attached hydrogens (tertiary/aromatic N) is 5. The van der Waals surface area contributed by atoms with E-state index in [-0.39, 0.29) is 0 Å². The number of pyridine rings is 1. The van der Waals surface area contributed by atoms with E-state index in [0.29, 0.717) is 17.5 Å². The molecule has 0 amide bonds. The van der Waals surface area contributed by atoms with Crippen molar-refractivity contribution in [1.82, 2.24) is 24.5 Å². The van der Waals surface area contributed by atoms with Crippen LogP contribution in [0.1, 0.15) is 0 Å². The first kappa shape index (κ1) is 32.2. The van der Waals surface area contributed by atoms with Crippen molar-refractivity contribution < 1.29 is 0 Å². The highest BCUT2D eigenvalue weighted by Gasteiger charge is 2.15. The Morgan fingerprint density at radius 1 is 0.309 bits per heavy atom. The lowest BCUT2D eigenvalue weighted by molar-refractivity contribution is 1.07. The van der Waals surface area contributed by atoms with Gasteiger partial charge in [-0.15, -0.1) is 0 Å². The summed E-state index contributed by atoms with van der Waals surface area (Å²) in [5, 5.41) is 2.45. The Hall–Kier alpha value is -7.50. The van der Waals surface area contributed by atoms with Crippen molar-refractivity contribution in [3.05, 3.63) is 200 Å². The Balaban J connectivity index is 1.03. The van der Waals surface area contributed by atoms with Crippen LogP contribution in [0.2, 0.25) is 0 Å². The lowest BCUT2D eigenvalue weighted by Gasteiger charge is -2.10. The second kappa shape index (κ2) is 13.8. The Kier molecular flexibility index (Phi) is 8.08. The molecule has 0 bridgehead atoms. The first-order chi connectivity index (χ1) is 27.2. The standard InChI is InChI=1S/C50H33N5/c1-3-10-34(11-4-1)35-17-23-38(24-18-35)48-52-49(54-50(53-48)40-27-21-37(22-28-40)42-12-9-31-51-33-42)39-25-19-36(20-26-39)41-29-30-47-45(32-41)44-15-7-8-16-46(44)55(47)43-13-5-2-6-14-43/h1-33H. The van der Waals surface area contributed by atoms with Gasteiger partial charge in [0.2, 0.25) is 0 Å². The van der Waals surface area contributed by atoms with Crippen molar-refractivity contribution in [2.24, 2.45) is 0 Å². The highest BCUT2D eigenvalue weighted by atomic mass is 15.0. The molecule has 0 aliphatic carbocycles. The summed E-state index contributed by atoms with van der Waals surface area (Å²) in [6.45, 7) is 0. The molecule has 0 fully saturated rings. The molecule has 7 aromatic carbocycles. The van der Waals surface area contributed by atoms with Gasteiger partial charge in [0.25, 0.3) is 0 Å². The normalized spacial score (nSPS) is 11.3. The molecule has 0 aliphatic heterocycles. The van der Waals surface area contributed by atoms with Gasteiger partial charge in [-0.05, 0) is 69.8 Å². The number of hydrogen-bond donors (Lipinski definition) is 0. The molecular formula is C50H33N5. The molecule has 258 valence electrons. The fourth-order valence-electron chi connectivity index (χ4n) is 7.37. The van der Waals surface area contributed by atoms with Gasteiger partial charge in [-0.3, -0.25) is 4.98 Å². The molecule has 5 nitrogen and oxygen atoms in total. The number of aromatic nitrogens is 5. The largest absolute Gasteiger partial charge is 0.309 e. The third kappa shape index (κ3) is 6.14. The lowest BCUT2D eigenvalue weighted by Crippen LogP contribution is -2.00. The van der Waals surface area contributed by atoms with E-state index in [4.69, 9.17) is 15.0 Å². The second-order valence-electron chi connectivity index (χ2n) is 13.6. The van der Waals surface area contributed by atoms with E-state index < -0.39 is 0 Å². The molecule has 0 unspecified atom stereocenters. The monoisotopic (exact) mass is 703 g/mol. The average Bonchev–Trinajstić information content (AvgIpc) is 3.61. The van der Waals surface area contributed by atoms with E-state index in [1.807, 2.05) is 18.3 Å². The zero-order valence-electron chi connectivity index (χ0n) is 29.8. The molecule has 3 aromatic heterocycles. The average molecular weight is 704 g/mol. The topological polar surface area (TPSA) is 56.5 Å². The molecule has 0 atom stereocenters. The van der Waals surface area contributed by atoms with E-state index in [1.165, 1.54) is 27.4 Å². The van der Waals surface area contributed by atoms with Gasteiger partial charge in [0, 0.05) is 45.5 Å². The quantitative estimate of drug-likeness (QED) is 0.166. The smallest absolute Gasteiger partial charge is 0.164 e. The van der Waals surface area contributed by atoms with Crippen LogP contribution in [0.3, 0.4) is 0 Å². The van der Waals surface area contributed by atoms with Crippen molar-refractivity contribution in [3.8, 4) is 73.2 Å². The van der Waals surface area contributed by atoms with Crippen LogP contribution in [0.4, 0.5) is 0 Å². The molecule has 0 spiro atoms. The van der Waals surface area contributed by atoms with Gasteiger partial charge < -0.3 is 4.57 Å². The van der Waals surface area contributed by atoms with Crippen molar-refractivity contribution in [2.75, 3.05) is 0 Å². The molecule has 10 aromatic rings. The summed E-state index contributed by atoms with van der Waals surface area (Å²) >= 11 is 0. The van der Waals surface area contributed by atoms with Crippen molar-refractivity contribution in [2.45, 2.75) is 0 Å². The second-order valence-corrected chi connectivity index (χ2v) is 13.6. The van der Waals surface area contributed by atoms with E-state index in [9.17, 15) is 0 Å². The minimum Gasteiger partial charge on any atom is -0.309 e. The fourth-order valence-corrected chi connectivity index (χ4v) is 7.37. The van der Waals surface area contributed by atoms with Gasteiger partial charge in [-0.25, -0.2) is 15.0 Å². The first-order valence-corrected chi connectivity index (χ1v) is 18.4. The van der Waals surface area contributed by atoms with Crippen LogP contribution in [0.25, 0.3) is 95.0 Å². The molecule has 3 heterocycles. The Labute approximate surface area is 318 Å². The van der Waals surface area contributed by atoms with E-state index in [1.54, 1.807) is 6.20 Å². The van der Waals surface area contributed by atoms with Crippen molar-refractivity contribution >= 4 is 21.8 Å². The molecule has 0 radical (unpaired) electrons. The van der Waals surface area contributed by atoms with Gasteiger partial charge in [0.05, 0.1) is 11.0 Å². The van der Waals surface area contributed by atoms with E-state index >= 15 is 0 Å². The summed E-state index contributed by atoms with van der Waals surface area (Å²) in [4.78, 5) is 19.4. The summed E-state index contributed by atoms with van der Waals surface area (Å²) in [5.41, 5.74) is 13.0. The lowest BCUT2D eigenvalue weighted by atomic mass is 10.0. The van der Waals surface area contributed by atoms with Crippen LogP contribution in [-0.2, 0) is 0 Å². The van der Waals surface area contributed by atoms with Crippen LogP contribution in [-0.4, -0.2) is 24.5 Å². The third-order valence-corrected chi connectivity index (χ3v) is 10.2. The molecule has 55 heavy (non-hydrogen) atoms. The number of hydrogen-bond acceptors (Lipinski definition) is 4. The maximum Gasteiger partial charge on any atom is 0.164 e. The maximum absolute atomic E-state index is 5.04. The van der Waals surface area contributed by atoms with Crippen LogP contribution >= 0.6 is 0 Å². The van der Waals surface area contributed by atoms with Crippen LogP contribution in [0, 0.1) is 0 Å². The summed E-state index contributed by atoms with van der Waals surface area (Å²) in [5.74, 6) is 1.87. The highest BCUT2D eigenvalue weighted by Crippen LogP contribution is 2.36. The van der Waals surface area contributed by atoms with E-state index in [2.05, 4.69) is 185 Å². The van der Waals surface area contributed by atoms with Crippen LogP contribution in [0.15, 0.2) is 200 Å². The van der Waals surface area contributed by atoms with Gasteiger partial charge >= 0.3 is 0 Å². The zero-order chi connectivity index (χ0) is 36.6. The number of rotatable bonds is 7. The Morgan fingerprint density at radius 2 is 0.745 bits per heavy atom. The number of benzene rings is 7. The molecule has 0 aliphatic rings. The fraction of sp³-hybridized carbons (Fsp3) is 0. The summed E-state index contributed by atoms with van der Waals surface area (Å²) in [6, 6.07) is 65.6. The van der Waals surface area contributed by atoms with Gasteiger partial charge in [-0.1, -0.05) is 152 Å². The molecule has 0 saturated carbocycles. The number of fused-ring (bicyclic) bond motifs is 3. The molecule has 5 heteroatoms. The predicted octanol–water partition coefficient (Wildman–Crippen LogP) is 12.4. The maximum atomic E-state index is 5.04. The Morgan fingerprint density at radius 3 is 1.33 bits per heavy atom. The first-order valence-electron chi connectivity index (χ1n) is 18.4. The zero-order valence-corrected chi connectivity index (χ0v) is 29.8.